The van der Waals surface area contributed by atoms with Gasteiger partial charge < -0.3 is 4.84 Å². The molecule has 0 radical (unpaired) electrons. The third kappa shape index (κ3) is 1.95. The van der Waals surface area contributed by atoms with E-state index in [9.17, 15) is 14.4 Å². The molecule has 3 rings (SSSR count). The molecule has 1 heterocycles. The van der Waals surface area contributed by atoms with E-state index in [4.69, 9.17) is 4.84 Å². The Labute approximate surface area is 122 Å². The Balaban J connectivity index is 1.83. The van der Waals surface area contributed by atoms with Gasteiger partial charge in [-0.05, 0) is 37.8 Å². The summed E-state index contributed by atoms with van der Waals surface area (Å²) in [5.74, 6) is -1.46. The van der Waals surface area contributed by atoms with Crippen LogP contribution < -0.4 is 0 Å². The van der Waals surface area contributed by atoms with Crippen molar-refractivity contribution in [3.05, 3.63) is 35.4 Å². The van der Waals surface area contributed by atoms with Gasteiger partial charge in [-0.2, -0.15) is 0 Å². The Morgan fingerprint density at radius 1 is 1.24 bits per heavy atom. The SMILES string of the molecule is CC1CCCC1(C)C(=O)ON1C(=O)c2ccccc2C1=O. The van der Waals surface area contributed by atoms with E-state index in [1.807, 2.05) is 13.8 Å². The number of hydrogen-bond acceptors (Lipinski definition) is 4. The van der Waals surface area contributed by atoms with Gasteiger partial charge in [0.15, 0.2) is 0 Å². The summed E-state index contributed by atoms with van der Waals surface area (Å²) in [7, 11) is 0. The number of carbonyl (C=O) groups excluding carboxylic acids is 3. The summed E-state index contributed by atoms with van der Waals surface area (Å²) in [6.45, 7) is 3.84. The van der Waals surface area contributed by atoms with Gasteiger partial charge in [0, 0.05) is 0 Å². The van der Waals surface area contributed by atoms with Crippen LogP contribution in [0.5, 0.6) is 0 Å². The molecular weight excluding hydrogens is 270 g/mol. The fraction of sp³-hybridized carbons (Fsp3) is 0.438. The average Bonchev–Trinajstić information content (AvgIpc) is 2.94. The molecule has 2 unspecified atom stereocenters. The number of carbonyl (C=O) groups is 3. The monoisotopic (exact) mass is 287 g/mol. The van der Waals surface area contributed by atoms with Crippen LogP contribution in [0.3, 0.4) is 0 Å². The predicted octanol–water partition coefficient (Wildman–Crippen LogP) is 2.57. The number of hydrogen-bond donors (Lipinski definition) is 0. The number of amides is 2. The largest absolute Gasteiger partial charge is 0.339 e. The second-order valence-electron chi connectivity index (χ2n) is 6.04. The minimum Gasteiger partial charge on any atom is -0.329 e. The summed E-state index contributed by atoms with van der Waals surface area (Å²) in [5.41, 5.74) is -0.0742. The van der Waals surface area contributed by atoms with E-state index in [1.54, 1.807) is 24.3 Å². The molecule has 5 heteroatoms. The highest BCUT2D eigenvalue weighted by atomic mass is 16.7. The van der Waals surface area contributed by atoms with Crippen molar-refractivity contribution in [3.8, 4) is 0 Å². The van der Waals surface area contributed by atoms with Crippen LogP contribution in [0.1, 0.15) is 53.8 Å². The number of nitrogens with zero attached hydrogens (tertiary/aromatic N) is 1. The van der Waals surface area contributed by atoms with Crippen molar-refractivity contribution in [1.29, 1.82) is 0 Å². The third-order valence-corrected chi connectivity index (χ3v) is 4.82. The Morgan fingerprint density at radius 3 is 2.29 bits per heavy atom. The number of benzene rings is 1. The zero-order valence-corrected chi connectivity index (χ0v) is 12.1. The van der Waals surface area contributed by atoms with E-state index in [2.05, 4.69) is 0 Å². The maximum absolute atomic E-state index is 12.4. The van der Waals surface area contributed by atoms with Gasteiger partial charge in [-0.3, -0.25) is 9.59 Å². The Kier molecular flexibility index (Phi) is 3.08. The summed E-state index contributed by atoms with van der Waals surface area (Å²) in [5, 5.41) is 0.600. The molecule has 1 aromatic carbocycles. The second-order valence-corrected chi connectivity index (χ2v) is 6.04. The maximum atomic E-state index is 12.4. The van der Waals surface area contributed by atoms with Crippen molar-refractivity contribution in [2.75, 3.05) is 0 Å². The van der Waals surface area contributed by atoms with Gasteiger partial charge in [-0.15, -0.1) is 0 Å². The summed E-state index contributed by atoms with van der Waals surface area (Å²) < 4.78 is 0. The second kappa shape index (κ2) is 4.69. The van der Waals surface area contributed by atoms with Crippen LogP contribution in [-0.4, -0.2) is 22.8 Å². The molecule has 5 nitrogen and oxygen atoms in total. The minimum atomic E-state index is -0.630. The van der Waals surface area contributed by atoms with E-state index in [0.29, 0.717) is 5.06 Å². The standard InChI is InChI=1S/C16H17NO4/c1-10-6-5-9-16(10,2)15(20)21-17-13(18)11-7-3-4-8-12(11)14(17)19/h3-4,7-8,10H,5-6,9H2,1-2H3. The van der Waals surface area contributed by atoms with Gasteiger partial charge in [0.05, 0.1) is 16.5 Å². The summed E-state index contributed by atoms with van der Waals surface area (Å²) >= 11 is 0. The third-order valence-electron chi connectivity index (χ3n) is 4.82. The molecule has 0 aromatic heterocycles. The Morgan fingerprint density at radius 2 is 1.81 bits per heavy atom. The molecule has 1 saturated carbocycles. The zero-order valence-electron chi connectivity index (χ0n) is 12.1. The van der Waals surface area contributed by atoms with Crippen LogP contribution in [0.25, 0.3) is 0 Å². The minimum absolute atomic E-state index is 0.181. The lowest BCUT2D eigenvalue weighted by Gasteiger charge is -2.27. The number of imide groups is 1. The van der Waals surface area contributed by atoms with E-state index >= 15 is 0 Å². The van der Waals surface area contributed by atoms with Crippen LogP contribution >= 0.6 is 0 Å². The molecule has 0 spiro atoms. The van der Waals surface area contributed by atoms with Crippen LogP contribution in [-0.2, 0) is 9.63 Å². The van der Waals surface area contributed by atoms with E-state index < -0.39 is 23.2 Å². The number of hydroxylamine groups is 2. The maximum Gasteiger partial charge on any atom is 0.339 e. The molecule has 0 saturated heterocycles. The van der Waals surface area contributed by atoms with Crippen molar-refractivity contribution in [3.63, 3.8) is 0 Å². The molecular formula is C16H17NO4. The first kappa shape index (κ1) is 13.8. The lowest BCUT2D eigenvalue weighted by Crippen LogP contribution is -2.40. The number of fused-ring (bicyclic) bond motifs is 1. The predicted molar refractivity (Wildman–Crippen MR) is 74.2 cm³/mol. The number of rotatable bonds is 2. The molecule has 2 atom stereocenters. The lowest BCUT2D eigenvalue weighted by molar-refractivity contribution is -0.182. The summed E-state index contributed by atoms with van der Waals surface area (Å²) in [6.07, 6.45) is 2.62. The van der Waals surface area contributed by atoms with E-state index in [1.165, 1.54) is 0 Å². The van der Waals surface area contributed by atoms with Crippen LogP contribution in [0.15, 0.2) is 24.3 Å². The smallest absolute Gasteiger partial charge is 0.329 e. The van der Waals surface area contributed by atoms with Crippen molar-refractivity contribution >= 4 is 17.8 Å². The van der Waals surface area contributed by atoms with E-state index in [0.717, 1.165) is 19.3 Å². The van der Waals surface area contributed by atoms with Crippen molar-refractivity contribution in [1.82, 2.24) is 5.06 Å². The quantitative estimate of drug-likeness (QED) is 0.784. The first-order valence-corrected chi connectivity index (χ1v) is 7.15. The normalized spacial score (nSPS) is 27.9. The molecule has 2 amide bonds. The molecule has 1 fully saturated rings. The molecule has 1 aliphatic carbocycles. The summed E-state index contributed by atoms with van der Waals surface area (Å²) in [4.78, 5) is 41.9. The molecule has 110 valence electrons. The highest BCUT2D eigenvalue weighted by Gasteiger charge is 2.47. The summed E-state index contributed by atoms with van der Waals surface area (Å²) in [6, 6.07) is 6.47. The molecule has 0 bridgehead atoms. The first-order chi connectivity index (χ1) is 9.95. The van der Waals surface area contributed by atoms with Gasteiger partial charge >= 0.3 is 5.97 Å². The van der Waals surface area contributed by atoms with Gasteiger partial charge in [0.1, 0.15) is 0 Å². The molecule has 1 aliphatic heterocycles. The van der Waals surface area contributed by atoms with Crippen LogP contribution in [0.2, 0.25) is 0 Å². The van der Waals surface area contributed by atoms with Gasteiger partial charge in [-0.25, -0.2) is 4.79 Å². The van der Waals surface area contributed by atoms with Crippen molar-refractivity contribution in [2.24, 2.45) is 11.3 Å². The Bertz CT molecular complexity index is 604. The first-order valence-electron chi connectivity index (χ1n) is 7.15. The zero-order chi connectivity index (χ0) is 15.2. The Hall–Kier alpha value is -2.17. The van der Waals surface area contributed by atoms with Gasteiger partial charge in [-0.1, -0.05) is 30.5 Å². The van der Waals surface area contributed by atoms with Gasteiger partial charge in [0.2, 0.25) is 0 Å². The average molecular weight is 287 g/mol. The molecule has 21 heavy (non-hydrogen) atoms. The molecule has 1 aromatic rings. The fourth-order valence-corrected chi connectivity index (χ4v) is 3.08. The highest BCUT2D eigenvalue weighted by molar-refractivity contribution is 6.20. The fourth-order valence-electron chi connectivity index (χ4n) is 3.08. The van der Waals surface area contributed by atoms with Crippen molar-refractivity contribution in [2.45, 2.75) is 33.1 Å². The molecule has 0 N–H and O–H groups in total. The van der Waals surface area contributed by atoms with Crippen LogP contribution in [0, 0.1) is 11.3 Å². The van der Waals surface area contributed by atoms with Gasteiger partial charge in [0.25, 0.3) is 11.8 Å². The van der Waals surface area contributed by atoms with Crippen molar-refractivity contribution < 1.29 is 19.2 Å². The lowest BCUT2D eigenvalue weighted by atomic mass is 9.81. The van der Waals surface area contributed by atoms with E-state index in [-0.39, 0.29) is 17.0 Å². The highest BCUT2D eigenvalue weighted by Crippen LogP contribution is 2.44. The van der Waals surface area contributed by atoms with Crippen LogP contribution in [0.4, 0.5) is 0 Å². The molecule has 2 aliphatic rings. The topological polar surface area (TPSA) is 63.7 Å².